The summed E-state index contributed by atoms with van der Waals surface area (Å²) in [4.78, 5) is 5.27. The van der Waals surface area contributed by atoms with Gasteiger partial charge in [-0.25, -0.2) is 0 Å². The van der Waals surface area contributed by atoms with E-state index in [1.165, 1.54) is 69.5 Å². The van der Waals surface area contributed by atoms with Crippen LogP contribution in [-0.2, 0) is 13.0 Å². The van der Waals surface area contributed by atoms with Gasteiger partial charge >= 0.3 is 0 Å². The molecule has 1 aromatic carbocycles. The van der Waals surface area contributed by atoms with Crippen LogP contribution in [0.1, 0.15) is 37.3 Å². The lowest BCUT2D eigenvalue weighted by atomic mass is 10.1. The monoisotopic (exact) mass is 272 g/mol. The number of hydrogen-bond acceptors (Lipinski definition) is 2. The van der Waals surface area contributed by atoms with E-state index >= 15 is 0 Å². The second kappa shape index (κ2) is 6.73. The maximum atomic E-state index is 2.67. The summed E-state index contributed by atoms with van der Waals surface area (Å²) in [5.41, 5.74) is 2.95. The van der Waals surface area contributed by atoms with Gasteiger partial charge < -0.3 is 4.90 Å². The minimum Gasteiger partial charge on any atom is -0.301 e. The molecule has 0 N–H and O–H groups in total. The first kappa shape index (κ1) is 14.1. The Labute approximate surface area is 123 Å². The van der Waals surface area contributed by atoms with Crippen LogP contribution in [0.4, 0.5) is 0 Å². The Morgan fingerprint density at radius 1 is 0.900 bits per heavy atom. The van der Waals surface area contributed by atoms with Gasteiger partial charge in [-0.3, -0.25) is 4.90 Å². The van der Waals surface area contributed by atoms with Crippen LogP contribution in [-0.4, -0.2) is 42.5 Å². The molecule has 0 spiro atoms. The van der Waals surface area contributed by atoms with Crippen molar-refractivity contribution < 1.29 is 0 Å². The number of rotatable bonds is 6. The number of benzene rings is 1. The topological polar surface area (TPSA) is 6.48 Å². The van der Waals surface area contributed by atoms with Crippen molar-refractivity contribution in [3.63, 3.8) is 0 Å². The molecule has 1 heterocycles. The lowest BCUT2D eigenvalue weighted by Crippen LogP contribution is -2.46. The maximum Gasteiger partial charge on any atom is 0.0234 e. The van der Waals surface area contributed by atoms with Crippen molar-refractivity contribution in [1.82, 2.24) is 9.80 Å². The third kappa shape index (κ3) is 4.07. The van der Waals surface area contributed by atoms with E-state index in [-0.39, 0.29) is 0 Å². The van der Waals surface area contributed by atoms with Crippen molar-refractivity contribution >= 4 is 0 Å². The molecule has 0 radical (unpaired) electrons. The van der Waals surface area contributed by atoms with Crippen molar-refractivity contribution in [3.05, 3.63) is 35.4 Å². The standard InChI is InChI=1S/C18H28N2/c1-2-3-16-4-6-17(7-5-16)14-19-10-12-20(13-11-19)15-18-8-9-18/h4-7,18H,2-3,8-15H2,1H3. The van der Waals surface area contributed by atoms with Gasteiger partial charge in [0.15, 0.2) is 0 Å². The Kier molecular flexibility index (Phi) is 4.74. The first-order chi connectivity index (χ1) is 9.83. The summed E-state index contributed by atoms with van der Waals surface area (Å²) < 4.78 is 0. The molecule has 1 aliphatic carbocycles. The summed E-state index contributed by atoms with van der Waals surface area (Å²) in [6.45, 7) is 9.75. The quantitative estimate of drug-likeness (QED) is 0.785. The average Bonchev–Trinajstić information content (AvgIpc) is 3.28. The molecule has 1 aromatic rings. The van der Waals surface area contributed by atoms with E-state index in [2.05, 4.69) is 41.0 Å². The normalized spacial score (nSPS) is 21.2. The maximum absolute atomic E-state index is 2.67. The first-order valence-corrected chi connectivity index (χ1v) is 8.36. The Hall–Kier alpha value is -0.860. The molecule has 1 saturated carbocycles. The fourth-order valence-electron chi connectivity index (χ4n) is 3.15. The molecule has 2 fully saturated rings. The highest BCUT2D eigenvalue weighted by molar-refractivity contribution is 5.22. The number of piperazine rings is 1. The number of hydrogen-bond donors (Lipinski definition) is 0. The Morgan fingerprint density at radius 3 is 2.10 bits per heavy atom. The van der Waals surface area contributed by atoms with Gasteiger partial charge in [-0.15, -0.1) is 0 Å². The van der Waals surface area contributed by atoms with Gasteiger partial charge in [0, 0.05) is 39.3 Å². The molecule has 0 unspecified atom stereocenters. The molecule has 3 rings (SSSR count). The smallest absolute Gasteiger partial charge is 0.0234 e. The third-order valence-electron chi connectivity index (χ3n) is 4.65. The van der Waals surface area contributed by atoms with Crippen LogP contribution in [0.3, 0.4) is 0 Å². The summed E-state index contributed by atoms with van der Waals surface area (Å²) in [6, 6.07) is 9.26. The summed E-state index contributed by atoms with van der Waals surface area (Å²) >= 11 is 0. The molecule has 0 atom stereocenters. The van der Waals surface area contributed by atoms with Gasteiger partial charge in [0.1, 0.15) is 0 Å². The zero-order chi connectivity index (χ0) is 13.8. The van der Waals surface area contributed by atoms with Crippen molar-refractivity contribution in [2.45, 2.75) is 39.2 Å². The van der Waals surface area contributed by atoms with E-state index in [1.54, 1.807) is 0 Å². The van der Waals surface area contributed by atoms with Crippen molar-refractivity contribution in [1.29, 1.82) is 0 Å². The highest BCUT2D eigenvalue weighted by atomic mass is 15.3. The summed E-state index contributed by atoms with van der Waals surface area (Å²) in [7, 11) is 0. The molecule has 0 bridgehead atoms. The van der Waals surface area contributed by atoms with Crippen LogP contribution >= 0.6 is 0 Å². The predicted octanol–water partition coefficient (Wildman–Crippen LogP) is 3.17. The van der Waals surface area contributed by atoms with Crippen LogP contribution in [0.15, 0.2) is 24.3 Å². The van der Waals surface area contributed by atoms with Gasteiger partial charge in [-0.05, 0) is 36.3 Å². The van der Waals surface area contributed by atoms with Crippen LogP contribution < -0.4 is 0 Å². The van der Waals surface area contributed by atoms with Gasteiger partial charge in [-0.2, -0.15) is 0 Å². The fraction of sp³-hybridized carbons (Fsp3) is 0.667. The average molecular weight is 272 g/mol. The Morgan fingerprint density at radius 2 is 1.50 bits per heavy atom. The summed E-state index contributed by atoms with van der Waals surface area (Å²) in [5, 5.41) is 0. The lowest BCUT2D eigenvalue weighted by molar-refractivity contribution is 0.123. The zero-order valence-corrected chi connectivity index (χ0v) is 12.9. The predicted molar refractivity (Wildman–Crippen MR) is 84.9 cm³/mol. The van der Waals surface area contributed by atoms with Gasteiger partial charge in [-0.1, -0.05) is 37.6 Å². The van der Waals surface area contributed by atoms with Crippen molar-refractivity contribution in [2.24, 2.45) is 5.92 Å². The van der Waals surface area contributed by atoms with Gasteiger partial charge in [0.05, 0.1) is 0 Å². The van der Waals surface area contributed by atoms with Crippen molar-refractivity contribution in [3.8, 4) is 0 Å². The minimum absolute atomic E-state index is 1.03. The molecule has 110 valence electrons. The van der Waals surface area contributed by atoms with Crippen molar-refractivity contribution in [2.75, 3.05) is 32.7 Å². The van der Waals surface area contributed by atoms with E-state index in [0.717, 1.165) is 12.5 Å². The second-order valence-corrected chi connectivity index (χ2v) is 6.59. The lowest BCUT2D eigenvalue weighted by Gasteiger charge is -2.34. The first-order valence-electron chi connectivity index (χ1n) is 8.36. The number of aryl methyl sites for hydroxylation is 1. The van der Waals surface area contributed by atoms with E-state index < -0.39 is 0 Å². The van der Waals surface area contributed by atoms with Crippen LogP contribution in [0, 0.1) is 5.92 Å². The largest absolute Gasteiger partial charge is 0.301 e. The highest BCUT2D eigenvalue weighted by Crippen LogP contribution is 2.29. The van der Waals surface area contributed by atoms with Crippen LogP contribution in [0.25, 0.3) is 0 Å². The van der Waals surface area contributed by atoms with E-state index in [4.69, 9.17) is 0 Å². The SMILES string of the molecule is CCCc1ccc(CN2CCN(CC3CC3)CC2)cc1. The molecule has 2 heteroatoms. The highest BCUT2D eigenvalue weighted by Gasteiger charge is 2.26. The van der Waals surface area contributed by atoms with E-state index in [1.807, 2.05) is 0 Å². The van der Waals surface area contributed by atoms with Crippen LogP contribution in [0.5, 0.6) is 0 Å². The molecular weight excluding hydrogens is 244 g/mol. The van der Waals surface area contributed by atoms with Gasteiger partial charge in [0.2, 0.25) is 0 Å². The minimum atomic E-state index is 1.03. The molecule has 0 aromatic heterocycles. The molecule has 2 nitrogen and oxygen atoms in total. The Balaban J connectivity index is 1.43. The Bertz CT molecular complexity index is 400. The number of nitrogens with zero attached hydrogens (tertiary/aromatic N) is 2. The summed E-state index contributed by atoms with van der Waals surface area (Å²) in [6.07, 6.45) is 5.40. The van der Waals surface area contributed by atoms with Gasteiger partial charge in [0.25, 0.3) is 0 Å². The zero-order valence-electron chi connectivity index (χ0n) is 12.9. The molecular formula is C18H28N2. The molecule has 0 amide bonds. The van der Waals surface area contributed by atoms with E-state index in [9.17, 15) is 0 Å². The fourth-order valence-corrected chi connectivity index (χ4v) is 3.15. The third-order valence-corrected chi connectivity index (χ3v) is 4.65. The van der Waals surface area contributed by atoms with E-state index in [0.29, 0.717) is 0 Å². The molecule has 1 saturated heterocycles. The molecule has 1 aliphatic heterocycles. The molecule has 2 aliphatic rings. The molecule has 20 heavy (non-hydrogen) atoms. The van der Waals surface area contributed by atoms with Crippen LogP contribution in [0.2, 0.25) is 0 Å². The summed E-state index contributed by atoms with van der Waals surface area (Å²) in [5.74, 6) is 1.03. The second-order valence-electron chi connectivity index (χ2n) is 6.59.